The van der Waals surface area contributed by atoms with E-state index in [0.29, 0.717) is 18.7 Å². The molecule has 126 valence electrons. The Morgan fingerprint density at radius 2 is 2.09 bits per heavy atom. The number of carbonyl (C=O) groups excluding carboxylic acids is 3. The highest BCUT2D eigenvalue weighted by molar-refractivity contribution is 5.96. The van der Waals surface area contributed by atoms with Gasteiger partial charge in [-0.2, -0.15) is 5.10 Å². The first-order chi connectivity index (χ1) is 10.9. The second kappa shape index (κ2) is 7.26. The third kappa shape index (κ3) is 4.30. The van der Waals surface area contributed by atoms with Crippen molar-refractivity contribution >= 4 is 23.4 Å². The topological polar surface area (TPSA) is 87.5 Å². The van der Waals surface area contributed by atoms with Crippen LogP contribution in [0.15, 0.2) is 12.4 Å². The second-order valence-corrected chi connectivity index (χ2v) is 5.93. The summed E-state index contributed by atoms with van der Waals surface area (Å²) in [7, 11) is 3.35. The van der Waals surface area contributed by atoms with Gasteiger partial charge in [-0.05, 0) is 19.3 Å². The number of carbonyl (C=O) groups is 3. The number of rotatable bonds is 4. The number of hydrogen-bond acceptors (Lipinski definition) is 4. The van der Waals surface area contributed by atoms with E-state index in [2.05, 4.69) is 10.4 Å². The Bertz CT molecular complexity index is 596. The average Bonchev–Trinajstić information content (AvgIpc) is 2.94. The van der Waals surface area contributed by atoms with E-state index in [-0.39, 0.29) is 24.3 Å². The number of hydrogen-bond donors (Lipinski definition) is 1. The van der Waals surface area contributed by atoms with Gasteiger partial charge >= 0.3 is 0 Å². The molecule has 23 heavy (non-hydrogen) atoms. The van der Waals surface area contributed by atoms with Crippen molar-refractivity contribution in [3.8, 4) is 0 Å². The van der Waals surface area contributed by atoms with Crippen LogP contribution in [0, 0.1) is 0 Å². The molecule has 1 fully saturated rings. The Kier molecular flexibility index (Phi) is 5.36. The fourth-order valence-electron chi connectivity index (χ4n) is 2.60. The van der Waals surface area contributed by atoms with Crippen LogP contribution in [0.4, 0.5) is 5.69 Å². The van der Waals surface area contributed by atoms with Crippen LogP contribution in [0.1, 0.15) is 26.2 Å². The van der Waals surface area contributed by atoms with E-state index in [4.69, 9.17) is 0 Å². The highest BCUT2D eigenvalue weighted by Gasteiger charge is 2.30. The van der Waals surface area contributed by atoms with E-state index in [1.165, 1.54) is 22.7 Å². The largest absolute Gasteiger partial charge is 0.347 e. The van der Waals surface area contributed by atoms with Crippen LogP contribution >= 0.6 is 0 Å². The number of likely N-dealkylation sites (tertiary alicyclic amines) is 1. The lowest BCUT2D eigenvalue weighted by molar-refractivity contribution is -0.138. The zero-order valence-electron chi connectivity index (χ0n) is 13.8. The maximum atomic E-state index is 12.4. The zero-order valence-corrected chi connectivity index (χ0v) is 13.8. The van der Waals surface area contributed by atoms with Gasteiger partial charge < -0.3 is 15.1 Å². The number of anilines is 1. The summed E-state index contributed by atoms with van der Waals surface area (Å²) in [5.74, 6) is -0.378. The minimum Gasteiger partial charge on any atom is -0.347 e. The molecular formula is C15H23N5O3. The highest BCUT2D eigenvalue weighted by atomic mass is 16.2. The summed E-state index contributed by atoms with van der Waals surface area (Å²) in [6.45, 7) is 2.21. The summed E-state index contributed by atoms with van der Waals surface area (Å²) in [4.78, 5) is 38.8. The minimum atomic E-state index is -0.437. The Hall–Kier alpha value is -2.38. The van der Waals surface area contributed by atoms with Gasteiger partial charge in [-0.3, -0.25) is 19.1 Å². The molecule has 0 spiro atoms. The Balaban J connectivity index is 1.98. The fraction of sp³-hybridized carbons (Fsp3) is 0.600. The first-order valence-electron chi connectivity index (χ1n) is 7.69. The van der Waals surface area contributed by atoms with Gasteiger partial charge in [-0.25, -0.2) is 0 Å². The molecule has 0 radical (unpaired) electrons. The molecule has 0 saturated carbocycles. The molecule has 1 unspecified atom stereocenters. The van der Waals surface area contributed by atoms with Crippen LogP contribution in [-0.2, 0) is 20.9 Å². The van der Waals surface area contributed by atoms with Crippen molar-refractivity contribution in [2.45, 2.75) is 38.8 Å². The van der Waals surface area contributed by atoms with E-state index in [0.717, 1.165) is 12.8 Å². The van der Waals surface area contributed by atoms with Crippen molar-refractivity contribution < 1.29 is 14.4 Å². The molecule has 1 N–H and O–H groups in total. The van der Waals surface area contributed by atoms with Crippen LogP contribution < -0.4 is 5.32 Å². The normalized spacial score (nSPS) is 17.7. The molecule has 1 aromatic rings. The predicted octanol–water partition coefficient (Wildman–Crippen LogP) is 0.311. The van der Waals surface area contributed by atoms with Crippen LogP contribution in [0.3, 0.4) is 0 Å². The summed E-state index contributed by atoms with van der Waals surface area (Å²) in [6.07, 6.45) is 5.63. The molecule has 1 aliphatic heterocycles. The third-order valence-corrected chi connectivity index (χ3v) is 3.91. The van der Waals surface area contributed by atoms with Gasteiger partial charge in [0.1, 0.15) is 12.6 Å². The molecule has 0 aliphatic carbocycles. The quantitative estimate of drug-likeness (QED) is 0.864. The summed E-state index contributed by atoms with van der Waals surface area (Å²) in [5.41, 5.74) is 0.524. The summed E-state index contributed by atoms with van der Waals surface area (Å²) < 4.78 is 1.47. The number of likely N-dealkylation sites (N-methyl/N-ethyl adjacent to an activating group) is 1. The lowest BCUT2D eigenvalue weighted by atomic mass is 10.0. The van der Waals surface area contributed by atoms with Crippen molar-refractivity contribution in [3.63, 3.8) is 0 Å². The summed E-state index contributed by atoms with van der Waals surface area (Å²) >= 11 is 0. The van der Waals surface area contributed by atoms with Crippen LogP contribution in [0.25, 0.3) is 0 Å². The van der Waals surface area contributed by atoms with Crippen LogP contribution in [-0.4, -0.2) is 64.0 Å². The van der Waals surface area contributed by atoms with Crippen molar-refractivity contribution in [2.75, 3.05) is 26.0 Å². The monoisotopic (exact) mass is 321 g/mol. The van der Waals surface area contributed by atoms with E-state index < -0.39 is 6.04 Å². The minimum absolute atomic E-state index is 0.0824. The van der Waals surface area contributed by atoms with Crippen LogP contribution in [0.5, 0.6) is 0 Å². The number of nitrogens with one attached hydrogen (secondary N) is 1. The fourth-order valence-corrected chi connectivity index (χ4v) is 2.60. The summed E-state index contributed by atoms with van der Waals surface area (Å²) in [5, 5.41) is 6.84. The van der Waals surface area contributed by atoms with Crippen LogP contribution in [0.2, 0.25) is 0 Å². The van der Waals surface area contributed by atoms with Gasteiger partial charge in [0.2, 0.25) is 17.7 Å². The number of piperidine rings is 1. The average molecular weight is 321 g/mol. The molecule has 2 heterocycles. The molecule has 1 saturated heterocycles. The molecule has 1 aromatic heterocycles. The predicted molar refractivity (Wildman–Crippen MR) is 84.6 cm³/mol. The number of aromatic nitrogens is 2. The zero-order chi connectivity index (χ0) is 17.0. The van der Waals surface area contributed by atoms with Gasteiger partial charge in [-0.15, -0.1) is 0 Å². The molecular weight excluding hydrogens is 298 g/mol. The maximum absolute atomic E-state index is 12.4. The van der Waals surface area contributed by atoms with Gasteiger partial charge in [-0.1, -0.05) is 0 Å². The van der Waals surface area contributed by atoms with Gasteiger partial charge in [0.05, 0.1) is 11.9 Å². The van der Waals surface area contributed by atoms with Crippen molar-refractivity contribution in [1.29, 1.82) is 0 Å². The molecule has 1 aliphatic rings. The lowest BCUT2D eigenvalue weighted by Gasteiger charge is -2.33. The lowest BCUT2D eigenvalue weighted by Crippen LogP contribution is -2.49. The highest BCUT2D eigenvalue weighted by Crippen LogP contribution is 2.19. The Labute approximate surface area is 135 Å². The van der Waals surface area contributed by atoms with E-state index >= 15 is 0 Å². The van der Waals surface area contributed by atoms with E-state index in [1.807, 2.05) is 0 Å². The van der Waals surface area contributed by atoms with Crippen molar-refractivity contribution in [1.82, 2.24) is 19.6 Å². The number of amides is 3. The maximum Gasteiger partial charge on any atom is 0.247 e. The first-order valence-corrected chi connectivity index (χ1v) is 7.69. The molecule has 0 bridgehead atoms. The second-order valence-electron chi connectivity index (χ2n) is 5.93. The summed E-state index contributed by atoms with van der Waals surface area (Å²) in [6, 6.07) is -0.437. The van der Waals surface area contributed by atoms with E-state index in [1.54, 1.807) is 25.2 Å². The molecule has 3 amide bonds. The molecule has 8 nitrogen and oxygen atoms in total. The van der Waals surface area contributed by atoms with E-state index in [9.17, 15) is 14.4 Å². The standard InChI is InChI=1S/C15H23N5O3/c1-11(21)20-7-5-4-6-13(20)15(23)17-12-8-16-19(9-12)10-14(22)18(2)3/h8-9,13H,4-7,10H2,1-3H3,(H,17,23). The third-order valence-electron chi connectivity index (χ3n) is 3.91. The molecule has 2 rings (SSSR count). The van der Waals surface area contributed by atoms with Crippen molar-refractivity contribution in [2.24, 2.45) is 0 Å². The van der Waals surface area contributed by atoms with Gasteiger partial charge in [0.25, 0.3) is 0 Å². The molecule has 8 heteroatoms. The SMILES string of the molecule is CC(=O)N1CCCCC1C(=O)Nc1cnn(CC(=O)N(C)C)c1. The van der Waals surface area contributed by atoms with Gasteiger partial charge in [0, 0.05) is 33.8 Å². The van der Waals surface area contributed by atoms with Crippen molar-refractivity contribution in [3.05, 3.63) is 12.4 Å². The smallest absolute Gasteiger partial charge is 0.247 e. The van der Waals surface area contributed by atoms with Gasteiger partial charge in [0.15, 0.2) is 0 Å². The molecule has 1 atom stereocenters. The first kappa shape index (κ1) is 17.0. The Morgan fingerprint density at radius 3 is 2.74 bits per heavy atom. The number of nitrogens with zero attached hydrogens (tertiary/aromatic N) is 4. The molecule has 0 aromatic carbocycles. The Morgan fingerprint density at radius 1 is 1.35 bits per heavy atom.